The number of halogens is 3. The molecule has 0 amide bonds. The zero-order chi connectivity index (χ0) is 13.2. The van der Waals surface area contributed by atoms with Crippen LogP contribution in [0.3, 0.4) is 0 Å². The van der Waals surface area contributed by atoms with Gasteiger partial charge in [-0.2, -0.15) is 24.5 Å². The normalized spacial score (nSPS) is 25.3. The molecule has 0 unspecified atom stereocenters. The molecular weight excluding hydrogens is 259 g/mol. The van der Waals surface area contributed by atoms with E-state index >= 15 is 0 Å². The van der Waals surface area contributed by atoms with E-state index in [4.69, 9.17) is 0 Å². The SMILES string of the molecule is Cc1cscc1CNC1CCC(C(F)(F)F)CC1. The lowest BCUT2D eigenvalue weighted by molar-refractivity contribution is -0.182. The third-order valence-corrected chi connectivity index (χ3v) is 4.64. The van der Waals surface area contributed by atoms with Gasteiger partial charge in [-0.3, -0.25) is 0 Å². The number of hydrogen-bond donors (Lipinski definition) is 1. The summed E-state index contributed by atoms with van der Waals surface area (Å²) in [5.41, 5.74) is 2.52. The maximum atomic E-state index is 12.5. The summed E-state index contributed by atoms with van der Waals surface area (Å²) >= 11 is 1.67. The largest absolute Gasteiger partial charge is 0.391 e. The van der Waals surface area contributed by atoms with E-state index in [1.807, 2.05) is 0 Å². The minimum absolute atomic E-state index is 0.239. The van der Waals surface area contributed by atoms with Gasteiger partial charge >= 0.3 is 6.18 Å². The molecular formula is C13H18F3NS. The third-order valence-electron chi connectivity index (χ3n) is 3.73. The van der Waals surface area contributed by atoms with Gasteiger partial charge in [0.1, 0.15) is 0 Å². The molecule has 0 aromatic carbocycles. The van der Waals surface area contributed by atoms with E-state index in [-0.39, 0.29) is 18.9 Å². The topological polar surface area (TPSA) is 12.0 Å². The summed E-state index contributed by atoms with van der Waals surface area (Å²) in [4.78, 5) is 0. The van der Waals surface area contributed by atoms with Crippen LogP contribution in [0.1, 0.15) is 36.8 Å². The average Bonchev–Trinajstić information content (AvgIpc) is 2.72. The minimum atomic E-state index is -4.01. The Labute approximate surface area is 109 Å². The standard InChI is InChI=1S/C13H18F3NS/c1-9-7-18-8-10(9)6-17-12-4-2-11(3-5-12)13(14,15)16/h7-8,11-12,17H,2-6H2,1H3. The second kappa shape index (κ2) is 5.61. The maximum Gasteiger partial charge on any atom is 0.391 e. The molecule has 1 N–H and O–H groups in total. The summed E-state index contributed by atoms with van der Waals surface area (Å²) < 4.78 is 37.5. The van der Waals surface area contributed by atoms with E-state index in [9.17, 15) is 13.2 Å². The predicted octanol–water partition coefficient (Wildman–Crippen LogP) is 4.27. The molecule has 0 saturated heterocycles. The van der Waals surface area contributed by atoms with Gasteiger partial charge in [-0.15, -0.1) is 0 Å². The van der Waals surface area contributed by atoms with Crippen molar-refractivity contribution in [2.75, 3.05) is 0 Å². The lowest BCUT2D eigenvalue weighted by Gasteiger charge is -2.30. The molecule has 0 atom stereocenters. The van der Waals surface area contributed by atoms with Crippen molar-refractivity contribution in [3.05, 3.63) is 21.9 Å². The first-order valence-electron chi connectivity index (χ1n) is 6.28. The Hall–Kier alpha value is -0.550. The fraction of sp³-hybridized carbons (Fsp3) is 0.692. The van der Waals surface area contributed by atoms with E-state index in [0.29, 0.717) is 12.8 Å². The predicted molar refractivity (Wildman–Crippen MR) is 67.7 cm³/mol. The molecule has 1 aliphatic rings. The Kier molecular flexibility index (Phi) is 4.33. The number of rotatable bonds is 3. The first-order chi connectivity index (χ1) is 8.47. The number of alkyl halides is 3. The highest BCUT2D eigenvalue weighted by molar-refractivity contribution is 7.08. The van der Waals surface area contributed by atoms with Crippen molar-refractivity contribution in [2.45, 2.75) is 51.4 Å². The van der Waals surface area contributed by atoms with Crippen LogP contribution >= 0.6 is 11.3 Å². The highest BCUT2D eigenvalue weighted by Gasteiger charge is 2.41. The van der Waals surface area contributed by atoms with Gasteiger partial charge in [-0.1, -0.05) is 0 Å². The molecule has 1 aliphatic carbocycles. The molecule has 5 heteroatoms. The third kappa shape index (κ3) is 3.48. The van der Waals surface area contributed by atoms with Crippen LogP contribution in [-0.4, -0.2) is 12.2 Å². The quantitative estimate of drug-likeness (QED) is 0.870. The van der Waals surface area contributed by atoms with Gasteiger partial charge in [0.2, 0.25) is 0 Å². The first-order valence-corrected chi connectivity index (χ1v) is 7.23. The van der Waals surface area contributed by atoms with E-state index in [0.717, 1.165) is 6.54 Å². The Morgan fingerprint density at radius 1 is 1.22 bits per heavy atom. The second-order valence-corrected chi connectivity index (χ2v) is 5.79. The lowest BCUT2D eigenvalue weighted by atomic mass is 9.85. The van der Waals surface area contributed by atoms with Gasteiger partial charge in [-0.05, 0) is 54.5 Å². The van der Waals surface area contributed by atoms with Gasteiger partial charge in [0.25, 0.3) is 0 Å². The fourth-order valence-electron chi connectivity index (χ4n) is 2.45. The van der Waals surface area contributed by atoms with Gasteiger partial charge in [0.05, 0.1) is 5.92 Å². The summed E-state index contributed by atoms with van der Waals surface area (Å²) in [6, 6.07) is 0.239. The van der Waals surface area contributed by atoms with Crippen LogP contribution in [0.5, 0.6) is 0 Å². The number of hydrogen-bond acceptors (Lipinski definition) is 2. The summed E-state index contributed by atoms with van der Waals surface area (Å²) in [6.45, 7) is 2.84. The van der Waals surface area contributed by atoms with Crippen LogP contribution in [-0.2, 0) is 6.54 Å². The fourth-order valence-corrected chi connectivity index (χ4v) is 3.30. The van der Waals surface area contributed by atoms with Crippen molar-refractivity contribution in [3.63, 3.8) is 0 Å². The van der Waals surface area contributed by atoms with E-state index in [1.54, 1.807) is 11.3 Å². The van der Waals surface area contributed by atoms with Gasteiger partial charge < -0.3 is 5.32 Å². The highest BCUT2D eigenvalue weighted by Crippen LogP contribution is 2.37. The van der Waals surface area contributed by atoms with Crippen molar-refractivity contribution < 1.29 is 13.2 Å². The molecule has 0 bridgehead atoms. The van der Waals surface area contributed by atoms with Crippen molar-refractivity contribution >= 4 is 11.3 Å². The minimum Gasteiger partial charge on any atom is -0.310 e. The molecule has 1 aromatic heterocycles. The highest BCUT2D eigenvalue weighted by atomic mass is 32.1. The van der Waals surface area contributed by atoms with E-state index < -0.39 is 12.1 Å². The van der Waals surface area contributed by atoms with Gasteiger partial charge in [0, 0.05) is 12.6 Å². The number of aryl methyl sites for hydroxylation is 1. The van der Waals surface area contributed by atoms with Crippen LogP contribution < -0.4 is 5.32 Å². The molecule has 102 valence electrons. The second-order valence-electron chi connectivity index (χ2n) is 5.05. The Balaban J connectivity index is 1.76. The van der Waals surface area contributed by atoms with Gasteiger partial charge in [0.15, 0.2) is 0 Å². The van der Waals surface area contributed by atoms with Crippen LogP contribution in [0.4, 0.5) is 13.2 Å². The molecule has 1 nitrogen and oxygen atoms in total. The maximum absolute atomic E-state index is 12.5. The first kappa shape index (κ1) is 13.9. The zero-order valence-corrected chi connectivity index (χ0v) is 11.2. The molecule has 1 heterocycles. The van der Waals surface area contributed by atoms with Crippen LogP contribution in [0.2, 0.25) is 0 Å². The molecule has 1 fully saturated rings. The summed E-state index contributed by atoms with van der Waals surface area (Å²) in [5.74, 6) is -1.08. The van der Waals surface area contributed by atoms with E-state index in [1.165, 1.54) is 11.1 Å². The van der Waals surface area contributed by atoms with Crippen LogP contribution in [0.25, 0.3) is 0 Å². The van der Waals surface area contributed by atoms with Crippen molar-refractivity contribution in [3.8, 4) is 0 Å². The Morgan fingerprint density at radius 2 is 1.89 bits per heavy atom. The van der Waals surface area contributed by atoms with Crippen molar-refractivity contribution in [2.24, 2.45) is 5.92 Å². The molecule has 0 radical (unpaired) electrons. The van der Waals surface area contributed by atoms with Crippen molar-refractivity contribution in [1.29, 1.82) is 0 Å². The lowest BCUT2D eigenvalue weighted by Crippen LogP contribution is -2.36. The van der Waals surface area contributed by atoms with Crippen LogP contribution in [0.15, 0.2) is 10.8 Å². The van der Waals surface area contributed by atoms with Gasteiger partial charge in [-0.25, -0.2) is 0 Å². The molecule has 0 aliphatic heterocycles. The summed E-state index contributed by atoms with van der Waals surface area (Å²) in [6.07, 6.45) is -2.21. The molecule has 2 rings (SSSR count). The number of nitrogens with one attached hydrogen (secondary N) is 1. The monoisotopic (exact) mass is 277 g/mol. The molecule has 1 aromatic rings. The van der Waals surface area contributed by atoms with Crippen molar-refractivity contribution in [1.82, 2.24) is 5.32 Å². The smallest absolute Gasteiger partial charge is 0.310 e. The van der Waals surface area contributed by atoms with E-state index in [2.05, 4.69) is 23.0 Å². The van der Waals surface area contributed by atoms with Crippen LogP contribution in [0, 0.1) is 12.8 Å². The molecule has 18 heavy (non-hydrogen) atoms. The average molecular weight is 277 g/mol. The summed E-state index contributed by atoms with van der Waals surface area (Å²) in [5, 5.41) is 7.57. The molecule has 1 saturated carbocycles. The Morgan fingerprint density at radius 3 is 2.39 bits per heavy atom. The Bertz CT molecular complexity index is 378. The molecule has 0 spiro atoms. The summed E-state index contributed by atoms with van der Waals surface area (Å²) in [7, 11) is 0. The zero-order valence-electron chi connectivity index (χ0n) is 10.4. The number of thiophene rings is 1.